The second-order valence-corrected chi connectivity index (χ2v) is 13.5. The fourth-order valence-electron chi connectivity index (χ4n) is 6.13. The molecule has 44 heavy (non-hydrogen) atoms. The number of hydrogen-bond acceptors (Lipinski definition) is 7. The number of benzene rings is 1. The lowest BCUT2D eigenvalue weighted by Crippen LogP contribution is -2.57. The fourth-order valence-corrected chi connectivity index (χ4v) is 6.42. The van der Waals surface area contributed by atoms with Gasteiger partial charge in [-0.3, -0.25) is 9.59 Å². The zero-order chi connectivity index (χ0) is 32.1. The summed E-state index contributed by atoms with van der Waals surface area (Å²) in [5.74, 6) is -0.664. The quantitative estimate of drug-likeness (QED) is 0.441. The number of hydrogen-bond donors (Lipinski definition) is 0. The van der Waals surface area contributed by atoms with Crippen LogP contribution in [0.1, 0.15) is 51.4 Å². The number of carbonyl (C=O) groups is 3. The van der Waals surface area contributed by atoms with Crippen molar-refractivity contribution in [2.45, 2.75) is 64.3 Å². The van der Waals surface area contributed by atoms with Crippen molar-refractivity contribution in [3.05, 3.63) is 53.3 Å². The molecule has 0 aliphatic carbocycles. The average molecular weight is 628 g/mol. The highest BCUT2D eigenvalue weighted by Crippen LogP contribution is 2.47. The number of rotatable bonds is 4. The molecule has 1 aromatic carbocycles. The summed E-state index contributed by atoms with van der Waals surface area (Å²) in [6.07, 6.45) is 1.35. The summed E-state index contributed by atoms with van der Waals surface area (Å²) in [4.78, 5) is 51.5. The molecule has 2 atom stereocenters. The Morgan fingerprint density at radius 1 is 1.23 bits per heavy atom. The molecule has 5 rings (SSSR count). The molecule has 4 heterocycles. The molecule has 0 bridgehead atoms. The fraction of sp³-hybridized carbons (Fsp3) is 0.500. The zero-order valence-electron chi connectivity index (χ0n) is 26.0. The maximum atomic E-state index is 15.2. The van der Waals surface area contributed by atoms with E-state index in [1.54, 1.807) is 39.9 Å². The molecule has 236 valence electrons. The third-order valence-corrected chi connectivity index (χ3v) is 8.76. The van der Waals surface area contributed by atoms with Gasteiger partial charge < -0.3 is 29.1 Å². The van der Waals surface area contributed by atoms with Crippen molar-refractivity contribution in [3.63, 3.8) is 0 Å². The van der Waals surface area contributed by atoms with Gasteiger partial charge in [-0.1, -0.05) is 30.3 Å². The van der Waals surface area contributed by atoms with Crippen LogP contribution in [-0.2, 0) is 9.53 Å². The van der Waals surface area contributed by atoms with Crippen LogP contribution in [0.3, 0.4) is 0 Å². The molecule has 0 radical (unpaired) electrons. The van der Waals surface area contributed by atoms with Gasteiger partial charge >= 0.3 is 6.09 Å². The van der Waals surface area contributed by atoms with Crippen molar-refractivity contribution in [2.24, 2.45) is 0 Å². The lowest BCUT2D eigenvalue weighted by molar-refractivity contribution is -0.128. The van der Waals surface area contributed by atoms with Crippen molar-refractivity contribution in [2.75, 3.05) is 44.7 Å². The molecule has 1 aromatic heterocycles. The Kier molecular flexibility index (Phi) is 8.30. The Bertz CT molecular complexity index is 1510. The summed E-state index contributed by atoms with van der Waals surface area (Å²) in [5.41, 5.74) is -0.752. The Morgan fingerprint density at radius 3 is 2.59 bits per heavy atom. The molecule has 10 nitrogen and oxygen atoms in total. The maximum absolute atomic E-state index is 15.2. The molecular formula is C32H39ClFN5O5. The van der Waals surface area contributed by atoms with Gasteiger partial charge in [-0.05, 0) is 59.2 Å². The van der Waals surface area contributed by atoms with Crippen molar-refractivity contribution in [1.29, 1.82) is 0 Å². The number of piperazine rings is 1. The van der Waals surface area contributed by atoms with Gasteiger partial charge in [0.2, 0.25) is 5.91 Å². The molecule has 1 unspecified atom stereocenters. The molecule has 3 amide bonds. The normalized spacial score (nSPS) is 21.2. The molecule has 0 saturated carbocycles. The van der Waals surface area contributed by atoms with E-state index in [0.717, 1.165) is 0 Å². The van der Waals surface area contributed by atoms with Crippen LogP contribution in [0.5, 0.6) is 5.75 Å². The summed E-state index contributed by atoms with van der Waals surface area (Å²) in [5, 5.41) is 0.0282. The Labute approximate surface area is 262 Å². The second-order valence-electron chi connectivity index (χ2n) is 13.1. The monoisotopic (exact) mass is 627 g/mol. The van der Waals surface area contributed by atoms with Crippen molar-refractivity contribution < 1.29 is 28.2 Å². The second kappa shape index (κ2) is 11.6. The number of halogens is 2. The van der Waals surface area contributed by atoms with Gasteiger partial charge in [-0.2, -0.15) is 0 Å². The third kappa shape index (κ3) is 5.81. The summed E-state index contributed by atoms with van der Waals surface area (Å²) in [6, 6.07) is 5.45. The summed E-state index contributed by atoms with van der Waals surface area (Å²) in [7, 11) is 1.70. The summed E-state index contributed by atoms with van der Waals surface area (Å²) >= 11 is 6.91. The van der Waals surface area contributed by atoms with Crippen LogP contribution in [0.2, 0.25) is 5.02 Å². The minimum Gasteiger partial charge on any atom is -0.489 e. The summed E-state index contributed by atoms with van der Waals surface area (Å²) < 4.78 is 27.1. The van der Waals surface area contributed by atoms with Crippen LogP contribution < -0.4 is 9.64 Å². The van der Waals surface area contributed by atoms with E-state index in [-0.39, 0.29) is 65.1 Å². The highest BCUT2D eigenvalue weighted by molar-refractivity contribution is 6.35. The van der Waals surface area contributed by atoms with E-state index in [2.05, 4.69) is 6.58 Å². The first-order chi connectivity index (χ1) is 20.6. The standard InChI is InChI=1S/C32H39ClFN5O5/c1-8-23(40)37-13-14-38-20(16-37)18-43-27-24(29(38)41)28(35-26(25(27)33)21-11-9-10-12-22(21)34)39-17-19(15-32(39,5)6)36(7)30(42)44-31(2,3)4/h8-12,19-20H,1,13-18H2,2-7H3/t19?,20-/m1/s1. The van der Waals surface area contributed by atoms with Crippen LogP contribution >= 0.6 is 11.6 Å². The predicted molar refractivity (Wildman–Crippen MR) is 166 cm³/mol. The number of nitrogens with zero attached hydrogens (tertiary/aromatic N) is 5. The minimum absolute atomic E-state index is 0.0282. The number of aromatic nitrogens is 1. The van der Waals surface area contributed by atoms with Gasteiger partial charge in [0, 0.05) is 44.3 Å². The van der Waals surface area contributed by atoms with Gasteiger partial charge in [-0.25, -0.2) is 14.2 Å². The molecule has 2 fully saturated rings. The van der Waals surface area contributed by atoms with Gasteiger partial charge in [0.1, 0.15) is 34.4 Å². The Hall–Kier alpha value is -3.86. The van der Waals surface area contributed by atoms with Crippen molar-refractivity contribution in [1.82, 2.24) is 19.7 Å². The minimum atomic E-state index is -0.663. The first kappa shape index (κ1) is 31.6. The SMILES string of the molecule is C=CC(=O)N1CCN2C(=O)c3c(N4CC(N(C)C(=O)OC(C)(C)C)CC4(C)C)nc(-c4ccccc4F)c(Cl)c3OC[C@H]2C1. The average Bonchev–Trinajstić information content (AvgIpc) is 3.20. The highest BCUT2D eigenvalue weighted by Gasteiger charge is 2.47. The van der Waals surface area contributed by atoms with Crippen LogP contribution in [-0.4, -0.2) is 101 Å². The lowest BCUT2D eigenvalue weighted by atomic mass is 9.99. The number of likely N-dealkylation sites (N-methyl/N-ethyl adjacent to an activating group) is 1. The molecule has 3 aliphatic rings. The molecular weight excluding hydrogens is 589 g/mol. The Balaban J connectivity index is 1.61. The van der Waals surface area contributed by atoms with E-state index in [1.807, 2.05) is 39.5 Å². The number of ether oxygens (including phenoxy) is 2. The molecule has 2 aromatic rings. The van der Waals surface area contributed by atoms with Gasteiger partial charge in [0.15, 0.2) is 5.75 Å². The number of amides is 3. The Morgan fingerprint density at radius 2 is 1.93 bits per heavy atom. The van der Waals surface area contributed by atoms with Gasteiger partial charge in [-0.15, -0.1) is 0 Å². The first-order valence-corrected chi connectivity index (χ1v) is 15.1. The van der Waals surface area contributed by atoms with E-state index in [4.69, 9.17) is 26.1 Å². The number of fused-ring (bicyclic) bond motifs is 2. The van der Waals surface area contributed by atoms with Gasteiger partial charge in [0.05, 0.1) is 17.8 Å². The first-order valence-electron chi connectivity index (χ1n) is 14.7. The van der Waals surface area contributed by atoms with Crippen LogP contribution in [0.25, 0.3) is 11.3 Å². The summed E-state index contributed by atoms with van der Waals surface area (Å²) in [6.45, 7) is 14.3. The van der Waals surface area contributed by atoms with E-state index in [1.165, 1.54) is 12.1 Å². The molecule has 0 N–H and O–H groups in total. The number of carbonyl (C=O) groups excluding carboxylic acids is 3. The molecule has 0 spiro atoms. The molecule has 2 saturated heterocycles. The molecule has 12 heteroatoms. The van der Waals surface area contributed by atoms with E-state index in [9.17, 15) is 14.4 Å². The van der Waals surface area contributed by atoms with Crippen LogP contribution in [0.4, 0.5) is 15.0 Å². The predicted octanol–water partition coefficient (Wildman–Crippen LogP) is 5.00. The van der Waals surface area contributed by atoms with Crippen molar-refractivity contribution in [3.8, 4) is 17.0 Å². The van der Waals surface area contributed by atoms with Crippen molar-refractivity contribution >= 4 is 35.3 Å². The topological polar surface area (TPSA) is 95.5 Å². The zero-order valence-corrected chi connectivity index (χ0v) is 26.8. The lowest BCUT2D eigenvalue weighted by Gasteiger charge is -2.40. The highest BCUT2D eigenvalue weighted by atomic mass is 35.5. The molecule has 3 aliphatic heterocycles. The number of anilines is 1. The van der Waals surface area contributed by atoms with Crippen LogP contribution in [0, 0.1) is 5.82 Å². The van der Waals surface area contributed by atoms with E-state index < -0.39 is 29.1 Å². The third-order valence-electron chi connectivity index (χ3n) is 8.41. The maximum Gasteiger partial charge on any atom is 0.410 e. The number of pyridine rings is 1. The smallest absolute Gasteiger partial charge is 0.410 e. The largest absolute Gasteiger partial charge is 0.489 e. The van der Waals surface area contributed by atoms with E-state index in [0.29, 0.717) is 25.3 Å². The van der Waals surface area contributed by atoms with Gasteiger partial charge in [0.25, 0.3) is 5.91 Å². The van der Waals surface area contributed by atoms with E-state index >= 15 is 4.39 Å². The van der Waals surface area contributed by atoms with Crippen LogP contribution in [0.15, 0.2) is 36.9 Å².